The van der Waals surface area contributed by atoms with Crippen molar-refractivity contribution in [3.05, 3.63) is 69.6 Å². The summed E-state index contributed by atoms with van der Waals surface area (Å²) in [6.45, 7) is 1.72. The standard InChI is InChI=1S/C21H21N3O4/c1-28-18-10-13(9-17(25)19(18)26)11-24-8-7-16-15(12-24)21(27)23-20(22-16)14-5-3-2-4-6-14/h2-6,9-10,25-26H,7-8,11-12H2,1H3,(H,22,23,27). The van der Waals surface area contributed by atoms with E-state index in [1.165, 1.54) is 13.2 Å². The number of ether oxygens (including phenoxy) is 1. The van der Waals surface area contributed by atoms with E-state index in [0.29, 0.717) is 30.9 Å². The van der Waals surface area contributed by atoms with Crippen LogP contribution < -0.4 is 10.3 Å². The van der Waals surface area contributed by atoms with Gasteiger partial charge in [0, 0.05) is 31.6 Å². The summed E-state index contributed by atoms with van der Waals surface area (Å²) in [4.78, 5) is 22.3. The molecule has 0 radical (unpaired) electrons. The van der Waals surface area contributed by atoms with Crippen molar-refractivity contribution in [1.29, 1.82) is 0 Å². The zero-order valence-electron chi connectivity index (χ0n) is 15.5. The average molecular weight is 379 g/mol. The van der Waals surface area contributed by atoms with Crippen LogP contribution in [-0.4, -0.2) is 38.7 Å². The minimum absolute atomic E-state index is 0.125. The number of nitrogens with zero attached hydrogens (tertiary/aromatic N) is 2. The van der Waals surface area contributed by atoms with Crippen LogP contribution in [0.15, 0.2) is 47.3 Å². The quantitative estimate of drug-likeness (QED) is 0.602. The lowest BCUT2D eigenvalue weighted by molar-refractivity contribution is 0.241. The number of aromatic nitrogens is 2. The van der Waals surface area contributed by atoms with Crippen molar-refractivity contribution >= 4 is 0 Å². The molecule has 2 heterocycles. The van der Waals surface area contributed by atoms with E-state index in [-0.39, 0.29) is 22.8 Å². The molecular weight excluding hydrogens is 358 g/mol. The molecule has 4 rings (SSSR count). The molecule has 0 unspecified atom stereocenters. The highest BCUT2D eigenvalue weighted by atomic mass is 16.5. The van der Waals surface area contributed by atoms with E-state index in [9.17, 15) is 15.0 Å². The van der Waals surface area contributed by atoms with Crippen molar-refractivity contribution in [3.8, 4) is 28.6 Å². The predicted molar refractivity (Wildman–Crippen MR) is 104 cm³/mol. The van der Waals surface area contributed by atoms with E-state index >= 15 is 0 Å². The Kier molecular flexibility index (Phi) is 4.75. The number of hydrogen-bond donors (Lipinski definition) is 3. The molecule has 0 atom stereocenters. The molecular formula is C21H21N3O4. The van der Waals surface area contributed by atoms with Crippen molar-refractivity contribution < 1.29 is 14.9 Å². The van der Waals surface area contributed by atoms with Crippen LogP contribution in [0.2, 0.25) is 0 Å². The van der Waals surface area contributed by atoms with E-state index in [0.717, 1.165) is 23.4 Å². The SMILES string of the molecule is COc1cc(CN2CCc3nc(-c4ccccc4)[nH]c(=O)c3C2)cc(O)c1O. The highest BCUT2D eigenvalue weighted by Gasteiger charge is 2.22. The Morgan fingerprint density at radius 2 is 2.00 bits per heavy atom. The lowest BCUT2D eigenvalue weighted by atomic mass is 10.0. The van der Waals surface area contributed by atoms with Crippen molar-refractivity contribution in [3.63, 3.8) is 0 Å². The van der Waals surface area contributed by atoms with Gasteiger partial charge in [-0.25, -0.2) is 4.98 Å². The van der Waals surface area contributed by atoms with E-state index in [1.54, 1.807) is 6.07 Å². The summed E-state index contributed by atoms with van der Waals surface area (Å²) < 4.78 is 5.09. The van der Waals surface area contributed by atoms with Crippen LogP contribution in [0.4, 0.5) is 0 Å². The van der Waals surface area contributed by atoms with Crippen molar-refractivity contribution in [2.75, 3.05) is 13.7 Å². The Morgan fingerprint density at radius 3 is 2.75 bits per heavy atom. The second-order valence-electron chi connectivity index (χ2n) is 6.83. The highest BCUT2D eigenvalue weighted by Crippen LogP contribution is 2.36. The number of methoxy groups -OCH3 is 1. The Bertz CT molecular complexity index is 1060. The van der Waals surface area contributed by atoms with Gasteiger partial charge >= 0.3 is 0 Å². The first-order valence-corrected chi connectivity index (χ1v) is 9.04. The molecule has 28 heavy (non-hydrogen) atoms. The first-order chi connectivity index (χ1) is 13.5. The van der Waals surface area contributed by atoms with Crippen LogP contribution in [0.3, 0.4) is 0 Å². The number of aromatic hydroxyl groups is 2. The van der Waals surface area contributed by atoms with Crippen molar-refractivity contribution in [2.24, 2.45) is 0 Å². The summed E-state index contributed by atoms with van der Waals surface area (Å²) in [7, 11) is 1.44. The van der Waals surface area contributed by atoms with Gasteiger partial charge in [-0.2, -0.15) is 0 Å². The number of H-pyrrole nitrogens is 1. The van der Waals surface area contributed by atoms with Gasteiger partial charge in [-0.1, -0.05) is 30.3 Å². The summed E-state index contributed by atoms with van der Waals surface area (Å²) in [5.41, 5.74) is 3.04. The van der Waals surface area contributed by atoms with Crippen LogP contribution >= 0.6 is 0 Å². The monoisotopic (exact) mass is 379 g/mol. The molecule has 0 aliphatic carbocycles. The molecule has 0 saturated heterocycles. The van der Waals surface area contributed by atoms with E-state index in [2.05, 4.69) is 14.9 Å². The second kappa shape index (κ2) is 7.36. The fourth-order valence-electron chi connectivity index (χ4n) is 3.50. The molecule has 7 nitrogen and oxygen atoms in total. The fraction of sp³-hybridized carbons (Fsp3) is 0.238. The van der Waals surface area contributed by atoms with Gasteiger partial charge in [0.25, 0.3) is 5.56 Å². The predicted octanol–water partition coefficient (Wildman–Crippen LogP) is 2.42. The average Bonchev–Trinajstić information content (AvgIpc) is 2.71. The van der Waals surface area contributed by atoms with Gasteiger partial charge in [-0.15, -0.1) is 0 Å². The Morgan fingerprint density at radius 1 is 1.21 bits per heavy atom. The van der Waals surface area contributed by atoms with E-state index < -0.39 is 0 Å². The number of aromatic amines is 1. The molecule has 0 spiro atoms. The zero-order chi connectivity index (χ0) is 19.7. The van der Waals surface area contributed by atoms with Gasteiger partial charge in [-0.05, 0) is 17.7 Å². The van der Waals surface area contributed by atoms with E-state index in [1.807, 2.05) is 30.3 Å². The molecule has 3 N–H and O–H groups in total. The molecule has 1 aliphatic rings. The van der Waals surface area contributed by atoms with Crippen molar-refractivity contribution in [2.45, 2.75) is 19.5 Å². The maximum absolute atomic E-state index is 12.6. The number of fused-ring (bicyclic) bond motifs is 1. The van der Waals surface area contributed by atoms with Crippen LogP contribution in [0.1, 0.15) is 16.8 Å². The van der Waals surface area contributed by atoms with Crippen LogP contribution in [0.25, 0.3) is 11.4 Å². The summed E-state index contributed by atoms with van der Waals surface area (Å²) in [5.74, 6) is 0.313. The summed E-state index contributed by atoms with van der Waals surface area (Å²) in [6.07, 6.45) is 0.667. The molecule has 0 fully saturated rings. The van der Waals surface area contributed by atoms with Crippen LogP contribution in [0, 0.1) is 0 Å². The van der Waals surface area contributed by atoms with Crippen LogP contribution in [0.5, 0.6) is 17.2 Å². The zero-order valence-corrected chi connectivity index (χ0v) is 15.5. The molecule has 7 heteroatoms. The number of phenolic OH excluding ortho intramolecular Hbond substituents is 2. The number of nitrogens with one attached hydrogen (secondary N) is 1. The summed E-state index contributed by atoms with van der Waals surface area (Å²) in [5, 5.41) is 19.6. The van der Waals surface area contributed by atoms with Gasteiger partial charge in [-0.3, -0.25) is 9.69 Å². The number of benzene rings is 2. The maximum Gasteiger partial charge on any atom is 0.255 e. The Balaban J connectivity index is 1.57. The lowest BCUT2D eigenvalue weighted by Crippen LogP contribution is -2.35. The first kappa shape index (κ1) is 18.1. The topological polar surface area (TPSA) is 98.7 Å². The van der Waals surface area contributed by atoms with E-state index in [4.69, 9.17) is 4.74 Å². The molecule has 1 aliphatic heterocycles. The van der Waals surface area contributed by atoms with Gasteiger partial charge in [0.2, 0.25) is 5.75 Å². The van der Waals surface area contributed by atoms with Gasteiger partial charge in [0.15, 0.2) is 11.5 Å². The first-order valence-electron chi connectivity index (χ1n) is 9.04. The summed E-state index contributed by atoms with van der Waals surface area (Å²) in [6, 6.07) is 12.8. The van der Waals surface area contributed by atoms with Gasteiger partial charge < -0.3 is 19.9 Å². The highest BCUT2D eigenvalue weighted by molar-refractivity contribution is 5.55. The molecule has 0 amide bonds. The number of hydrogen-bond acceptors (Lipinski definition) is 6. The minimum atomic E-state index is -0.274. The third-order valence-electron chi connectivity index (χ3n) is 4.94. The molecule has 0 saturated carbocycles. The van der Waals surface area contributed by atoms with Gasteiger partial charge in [0.1, 0.15) is 5.82 Å². The van der Waals surface area contributed by atoms with Crippen molar-refractivity contribution in [1.82, 2.24) is 14.9 Å². The second-order valence-corrected chi connectivity index (χ2v) is 6.83. The molecule has 3 aromatic rings. The van der Waals surface area contributed by atoms with Crippen LogP contribution in [-0.2, 0) is 19.5 Å². The molecule has 1 aromatic heterocycles. The lowest BCUT2D eigenvalue weighted by Gasteiger charge is -2.28. The molecule has 0 bridgehead atoms. The smallest absolute Gasteiger partial charge is 0.255 e. The normalized spacial score (nSPS) is 13.9. The minimum Gasteiger partial charge on any atom is -0.504 e. The third kappa shape index (κ3) is 3.44. The summed E-state index contributed by atoms with van der Waals surface area (Å²) >= 11 is 0. The largest absolute Gasteiger partial charge is 0.504 e. The number of phenols is 2. The maximum atomic E-state index is 12.6. The van der Waals surface area contributed by atoms with Gasteiger partial charge in [0.05, 0.1) is 18.4 Å². The third-order valence-corrected chi connectivity index (χ3v) is 4.94. The Labute approximate surface area is 161 Å². The molecule has 2 aromatic carbocycles. The fourth-order valence-corrected chi connectivity index (χ4v) is 3.50. The number of rotatable bonds is 4. The Hall–Kier alpha value is -3.32. The molecule has 144 valence electrons.